The molecule has 1 amide bonds. The maximum absolute atomic E-state index is 13.7. The zero-order valence-corrected chi connectivity index (χ0v) is 19.4. The SMILES string of the molecule is Cc1cnc(Nc2ccnn2C)nc1-c1nc2c(s1)C(C)(C)N(Cc1cccc(F)c1)C2=O. The van der Waals surface area contributed by atoms with Crippen LogP contribution < -0.4 is 5.32 Å². The Morgan fingerprint density at radius 3 is 2.70 bits per heavy atom. The predicted octanol–water partition coefficient (Wildman–Crippen LogP) is 4.42. The van der Waals surface area contributed by atoms with Crippen molar-refractivity contribution in [2.75, 3.05) is 5.32 Å². The van der Waals surface area contributed by atoms with Gasteiger partial charge in [-0.2, -0.15) is 5.10 Å². The Morgan fingerprint density at radius 2 is 2.00 bits per heavy atom. The van der Waals surface area contributed by atoms with Gasteiger partial charge in [-0.05, 0) is 44.0 Å². The molecule has 8 nitrogen and oxygen atoms in total. The molecule has 4 heterocycles. The fraction of sp³-hybridized carbons (Fsp3) is 0.261. The zero-order valence-electron chi connectivity index (χ0n) is 18.6. The average Bonchev–Trinajstić information content (AvgIpc) is 3.43. The summed E-state index contributed by atoms with van der Waals surface area (Å²) in [6.45, 7) is 6.20. The largest absolute Gasteiger partial charge is 0.323 e. The number of hydrogen-bond donors (Lipinski definition) is 1. The number of carbonyl (C=O) groups is 1. The smallest absolute Gasteiger partial charge is 0.274 e. The van der Waals surface area contributed by atoms with Crippen LogP contribution in [0.5, 0.6) is 0 Å². The van der Waals surface area contributed by atoms with Gasteiger partial charge in [0.05, 0.1) is 16.6 Å². The zero-order chi connectivity index (χ0) is 23.3. The average molecular weight is 464 g/mol. The molecule has 3 aromatic heterocycles. The third-order valence-electron chi connectivity index (χ3n) is 5.77. The maximum atomic E-state index is 13.7. The Labute approximate surface area is 194 Å². The van der Waals surface area contributed by atoms with Crippen LogP contribution in [0.2, 0.25) is 0 Å². The van der Waals surface area contributed by atoms with E-state index in [-0.39, 0.29) is 11.7 Å². The van der Waals surface area contributed by atoms with Crippen molar-refractivity contribution in [2.45, 2.75) is 32.9 Å². The van der Waals surface area contributed by atoms with Crippen LogP contribution in [0.4, 0.5) is 16.2 Å². The van der Waals surface area contributed by atoms with Gasteiger partial charge in [-0.1, -0.05) is 12.1 Å². The van der Waals surface area contributed by atoms with Gasteiger partial charge in [-0.25, -0.2) is 19.3 Å². The number of aryl methyl sites for hydroxylation is 2. The third-order valence-corrected chi connectivity index (χ3v) is 7.15. The molecule has 1 aliphatic heterocycles. The van der Waals surface area contributed by atoms with E-state index < -0.39 is 5.54 Å². The van der Waals surface area contributed by atoms with Crippen LogP contribution in [0.15, 0.2) is 42.7 Å². The lowest BCUT2D eigenvalue weighted by Gasteiger charge is -2.32. The molecular formula is C23H22FN7OS. The summed E-state index contributed by atoms with van der Waals surface area (Å²) in [5.41, 5.74) is 2.12. The number of hydrogen-bond acceptors (Lipinski definition) is 7. The highest BCUT2D eigenvalue weighted by Crippen LogP contribution is 2.45. The predicted molar refractivity (Wildman–Crippen MR) is 124 cm³/mol. The van der Waals surface area contributed by atoms with Gasteiger partial charge in [-0.3, -0.25) is 9.48 Å². The molecule has 0 saturated carbocycles. The van der Waals surface area contributed by atoms with E-state index in [0.717, 1.165) is 21.8 Å². The highest BCUT2D eigenvalue weighted by atomic mass is 32.1. The first-order valence-corrected chi connectivity index (χ1v) is 11.2. The molecule has 0 radical (unpaired) electrons. The molecule has 33 heavy (non-hydrogen) atoms. The maximum Gasteiger partial charge on any atom is 0.274 e. The first kappa shape index (κ1) is 21.2. The van der Waals surface area contributed by atoms with Crippen LogP contribution in [0.3, 0.4) is 0 Å². The highest BCUT2D eigenvalue weighted by molar-refractivity contribution is 7.15. The number of benzene rings is 1. The molecule has 168 valence electrons. The fourth-order valence-corrected chi connectivity index (χ4v) is 5.13. The number of carbonyl (C=O) groups excluding carboxylic acids is 1. The molecule has 1 N–H and O–H groups in total. The molecule has 0 saturated heterocycles. The van der Waals surface area contributed by atoms with Crippen LogP contribution in [0.25, 0.3) is 10.7 Å². The summed E-state index contributed by atoms with van der Waals surface area (Å²) in [5.74, 6) is 0.701. The van der Waals surface area contributed by atoms with Crippen molar-refractivity contribution in [2.24, 2.45) is 7.05 Å². The van der Waals surface area contributed by atoms with E-state index in [9.17, 15) is 9.18 Å². The first-order valence-electron chi connectivity index (χ1n) is 10.4. The van der Waals surface area contributed by atoms with Crippen LogP contribution >= 0.6 is 11.3 Å². The molecule has 4 aromatic rings. The summed E-state index contributed by atoms with van der Waals surface area (Å²) in [4.78, 5) is 29.6. The second kappa shape index (κ2) is 7.73. The van der Waals surface area contributed by atoms with E-state index in [1.807, 2.05) is 40.0 Å². The summed E-state index contributed by atoms with van der Waals surface area (Å²) in [5, 5.41) is 7.95. The number of aromatic nitrogens is 5. The minimum Gasteiger partial charge on any atom is -0.323 e. The Hall–Kier alpha value is -3.66. The van der Waals surface area contributed by atoms with Crippen LogP contribution in [-0.4, -0.2) is 35.5 Å². The summed E-state index contributed by atoms with van der Waals surface area (Å²) >= 11 is 1.45. The van der Waals surface area contributed by atoms with E-state index in [1.165, 1.54) is 23.5 Å². The summed E-state index contributed by atoms with van der Waals surface area (Å²) < 4.78 is 15.3. The van der Waals surface area contributed by atoms with Crippen LogP contribution in [0, 0.1) is 12.7 Å². The van der Waals surface area contributed by atoms with E-state index in [1.54, 1.807) is 28.0 Å². The molecule has 0 aliphatic carbocycles. The number of amides is 1. The second-order valence-electron chi connectivity index (χ2n) is 8.47. The summed E-state index contributed by atoms with van der Waals surface area (Å²) in [7, 11) is 1.83. The molecule has 10 heteroatoms. The van der Waals surface area contributed by atoms with E-state index >= 15 is 0 Å². The van der Waals surface area contributed by atoms with Gasteiger partial charge in [0, 0.05) is 25.9 Å². The lowest BCUT2D eigenvalue weighted by atomic mass is 10.0. The molecule has 1 aromatic carbocycles. The summed E-state index contributed by atoms with van der Waals surface area (Å²) in [6, 6.07) is 8.15. The van der Waals surface area contributed by atoms with Crippen molar-refractivity contribution in [1.29, 1.82) is 0 Å². The molecule has 0 spiro atoms. The Balaban J connectivity index is 1.46. The third kappa shape index (κ3) is 3.66. The molecule has 0 bridgehead atoms. The number of halogens is 1. The first-order chi connectivity index (χ1) is 15.7. The number of rotatable bonds is 5. The van der Waals surface area contributed by atoms with Crippen LogP contribution in [-0.2, 0) is 19.1 Å². The van der Waals surface area contributed by atoms with Gasteiger partial charge in [0.2, 0.25) is 5.95 Å². The molecule has 0 unspecified atom stereocenters. The van der Waals surface area contributed by atoms with Gasteiger partial charge < -0.3 is 10.2 Å². The van der Waals surface area contributed by atoms with Gasteiger partial charge in [0.15, 0.2) is 0 Å². The number of fused-ring (bicyclic) bond motifs is 1. The van der Waals surface area contributed by atoms with Crippen molar-refractivity contribution in [1.82, 2.24) is 29.6 Å². The lowest BCUT2D eigenvalue weighted by Crippen LogP contribution is -2.38. The normalized spacial score (nSPS) is 14.6. The molecule has 0 fully saturated rings. The number of thiazole rings is 1. The van der Waals surface area contributed by atoms with Crippen LogP contribution in [0.1, 0.15) is 40.3 Å². The monoisotopic (exact) mass is 463 g/mol. The van der Waals surface area contributed by atoms with Gasteiger partial charge >= 0.3 is 0 Å². The van der Waals surface area contributed by atoms with Crippen molar-refractivity contribution in [3.63, 3.8) is 0 Å². The second-order valence-corrected chi connectivity index (χ2v) is 9.47. The molecular weight excluding hydrogens is 441 g/mol. The number of nitrogens with one attached hydrogen (secondary N) is 1. The van der Waals surface area contributed by atoms with Crippen molar-refractivity contribution < 1.29 is 9.18 Å². The van der Waals surface area contributed by atoms with Gasteiger partial charge in [-0.15, -0.1) is 11.3 Å². The van der Waals surface area contributed by atoms with E-state index in [2.05, 4.69) is 25.4 Å². The molecule has 1 aliphatic rings. The Bertz CT molecular complexity index is 1380. The fourth-order valence-electron chi connectivity index (χ4n) is 3.90. The molecule has 5 rings (SSSR count). The minimum absolute atomic E-state index is 0.165. The van der Waals surface area contributed by atoms with Gasteiger partial charge in [0.1, 0.15) is 28.0 Å². The highest BCUT2D eigenvalue weighted by Gasteiger charge is 2.46. The topological polar surface area (TPSA) is 88.8 Å². The Morgan fingerprint density at radius 1 is 1.18 bits per heavy atom. The Kier molecular flexibility index (Phi) is 4.97. The quantitative estimate of drug-likeness (QED) is 0.471. The lowest BCUT2D eigenvalue weighted by molar-refractivity contribution is 0.0595. The van der Waals surface area contributed by atoms with Crippen molar-refractivity contribution >= 4 is 29.0 Å². The number of nitrogens with zero attached hydrogens (tertiary/aromatic N) is 6. The minimum atomic E-state index is -0.578. The molecule has 0 atom stereocenters. The number of anilines is 2. The van der Waals surface area contributed by atoms with E-state index in [0.29, 0.717) is 28.9 Å². The standard InChI is InChI=1S/C23H22FN7OS/c1-13-11-25-22(27-16-8-9-26-30(16)4)29-17(13)20-28-18-19(33-20)23(2,3)31(21(18)32)12-14-6-5-7-15(24)10-14/h5-11H,12H2,1-4H3,(H,25,27,29). The van der Waals surface area contributed by atoms with Gasteiger partial charge in [0.25, 0.3) is 5.91 Å². The summed E-state index contributed by atoms with van der Waals surface area (Å²) in [6.07, 6.45) is 3.42. The van der Waals surface area contributed by atoms with Crippen molar-refractivity contribution in [3.8, 4) is 10.7 Å². The van der Waals surface area contributed by atoms with Crippen molar-refractivity contribution in [3.05, 3.63) is 70.2 Å². The van der Waals surface area contributed by atoms with E-state index in [4.69, 9.17) is 0 Å².